The SMILES string of the molecule is C[C@H]1CN(C(=O)Cc2ccc(F)c(Br)c2)CCN1. The second kappa shape index (κ2) is 5.80. The Morgan fingerprint density at radius 1 is 1.61 bits per heavy atom. The predicted octanol–water partition coefficient (Wildman–Crippen LogP) is 1.95. The van der Waals surface area contributed by atoms with Gasteiger partial charge in [-0.15, -0.1) is 0 Å². The second-order valence-electron chi connectivity index (χ2n) is 4.62. The molecule has 1 atom stereocenters. The van der Waals surface area contributed by atoms with Crippen molar-refractivity contribution in [1.29, 1.82) is 0 Å². The highest BCUT2D eigenvalue weighted by atomic mass is 79.9. The van der Waals surface area contributed by atoms with Crippen molar-refractivity contribution in [3.05, 3.63) is 34.1 Å². The van der Waals surface area contributed by atoms with Crippen molar-refractivity contribution in [2.45, 2.75) is 19.4 Å². The minimum Gasteiger partial charge on any atom is -0.340 e. The largest absolute Gasteiger partial charge is 0.340 e. The zero-order valence-corrected chi connectivity index (χ0v) is 11.8. The quantitative estimate of drug-likeness (QED) is 0.905. The molecule has 0 aromatic heterocycles. The van der Waals surface area contributed by atoms with Crippen molar-refractivity contribution in [2.24, 2.45) is 0 Å². The fourth-order valence-electron chi connectivity index (χ4n) is 2.09. The van der Waals surface area contributed by atoms with Crippen LogP contribution < -0.4 is 5.32 Å². The molecule has 1 aliphatic rings. The van der Waals surface area contributed by atoms with Gasteiger partial charge in [0, 0.05) is 25.7 Å². The summed E-state index contributed by atoms with van der Waals surface area (Å²) in [5.41, 5.74) is 0.833. The molecule has 1 heterocycles. The van der Waals surface area contributed by atoms with Crippen LogP contribution in [0.5, 0.6) is 0 Å². The van der Waals surface area contributed by atoms with E-state index in [9.17, 15) is 9.18 Å². The molecule has 1 aromatic carbocycles. The number of nitrogens with one attached hydrogen (secondary N) is 1. The molecule has 0 unspecified atom stereocenters. The van der Waals surface area contributed by atoms with Crippen LogP contribution in [0.3, 0.4) is 0 Å². The van der Waals surface area contributed by atoms with Gasteiger partial charge in [0.25, 0.3) is 0 Å². The first-order valence-corrected chi connectivity index (χ1v) is 6.80. The molecule has 1 fully saturated rings. The van der Waals surface area contributed by atoms with E-state index in [2.05, 4.69) is 28.2 Å². The summed E-state index contributed by atoms with van der Waals surface area (Å²) in [5.74, 6) is -0.205. The van der Waals surface area contributed by atoms with Crippen LogP contribution in [0.25, 0.3) is 0 Å². The third kappa shape index (κ3) is 3.29. The monoisotopic (exact) mass is 314 g/mol. The van der Waals surface area contributed by atoms with Crippen LogP contribution in [0, 0.1) is 5.82 Å². The zero-order chi connectivity index (χ0) is 13.1. The first-order valence-electron chi connectivity index (χ1n) is 6.01. The normalized spacial score (nSPS) is 19.9. The lowest BCUT2D eigenvalue weighted by atomic mass is 10.1. The molecule has 2 rings (SSSR count). The van der Waals surface area contributed by atoms with Gasteiger partial charge in [-0.1, -0.05) is 6.07 Å². The van der Waals surface area contributed by atoms with E-state index in [1.54, 1.807) is 12.1 Å². The second-order valence-corrected chi connectivity index (χ2v) is 5.47. The number of carbonyl (C=O) groups excluding carboxylic acids is 1. The number of piperazine rings is 1. The Labute approximate surface area is 114 Å². The lowest BCUT2D eigenvalue weighted by Gasteiger charge is -2.32. The van der Waals surface area contributed by atoms with E-state index in [0.717, 1.165) is 25.2 Å². The summed E-state index contributed by atoms with van der Waals surface area (Å²) in [5, 5.41) is 3.30. The zero-order valence-electron chi connectivity index (χ0n) is 10.2. The fraction of sp³-hybridized carbons (Fsp3) is 0.462. The predicted molar refractivity (Wildman–Crippen MR) is 71.8 cm³/mol. The molecule has 0 spiro atoms. The van der Waals surface area contributed by atoms with Gasteiger partial charge in [0.05, 0.1) is 10.9 Å². The minimum atomic E-state index is -0.304. The maximum Gasteiger partial charge on any atom is 0.227 e. The first kappa shape index (κ1) is 13.5. The summed E-state index contributed by atoms with van der Waals surface area (Å²) in [7, 11) is 0. The Morgan fingerprint density at radius 2 is 2.39 bits per heavy atom. The van der Waals surface area contributed by atoms with E-state index < -0.39 is 0 Å². The number of rotatable bonds is 2. The van der Waals surface area contributed by atoms with Gasteiger partial charge in [-0.05, 0) is 40.5 Å². The van der Waals surface area contributed by atoms with Gasteiger partial charge in [-0.3, -0.25) is 4.79 Å². The average Bonchev–Trinajstić information content (AvgIpc) is 2.34. The third-order valence-corrected chi connectivity index (χ3v) is 3.67. The summed E-state index contributed by atoms with van der Waals surface area (Å²) in [6.07, 6.45) is 0.325. The summed E-state index contributed by atoms with van der Waals surface area (Å²) >= 11 is 3.13. The number of nitrogens with zero attached hydrogens (tertiary/aromatic N) is 1. The number of benzene rings is 1. The molecule has 0 bridgehead atoms. The molecular formula is C13H16BrFN2O. The van der Waals surface area contributed by atoms with Gasteiger partial charge in [0.1, 0.15) is 5.82 Å². The van der Waals surface area contributed by atoms with Gasteiger partial charge in [-0.25, -0.2) is 4.39 Å². The molecule has 1 saturated heterocycles. The third-order valence-electron chi connectivity index (χ3n) is 3.06. The van der Waals surface area contributed by atoms with Crippen molar-refractivity contribution in [3.63, 3.8) is 0 Å². The summed E-state index contributed by atoms with van der Waals surface area (Å²) in [6, 6.07) is 5.04. The summed E-state index contributed by atoms with van der Waals surface area (Å²) in [4.78, 5) is 14.0. The smallest absolute Gasteiger partial charge is 0.227 e. The Kier molecular flexibility index (Phi) is 4.35. The molecule has 1 N–H and O–H groups in total. The molecule has 98 valence electrons. The molecule has 0 saturated carbocycles. The molecule has 1 aromatic rings. The van der Waals surface area contributed by atoms with Gasteiger partial charge in [-0.2, -0.15) is 0 Å². The van der Waals surface area contributed by atoms with E-state index in [4.69, 9.17) is 0 Å². The molecule has 5 heteroatoms. The fourth-order valence-corrected chi connectivity index (χ4v) is 2.52. The Bertz CT molecular complexity index is 453. The highest BCUT2D eigenvalue weighted by Crippen LogP contribution is 2.17. The molecule has 3 nitrogen and oxygen atoms in total. The van der Waals surface area contributed by atoms with Crippen molar-refractivity contribution in [1.82, 2.24) is 10.2 Å². The van der Waals surface area contributed by atoms with E-state index >= 15 is 0 Å². The van der Waals surface area contributed by atoms with Gasteiger partial charge >= 0.3 is 0 Å². The van der Waals surface area contributed by atoms with E-state index in [0.29, 0.717) is 16.9 Å². The molecule has 1 aliphatic heterocycles. The molecule has 1 amide bonds. The van der Waals surface area contributed by atoms with E-state index in [1.807, 2.05) is 4.90 Å². The molecular weight excluding hydrogens is 299 g/mol. The summed E-state index contributed by atoms with van der Waals surface area (Å²) in [6.45, 7) is 4.38. The first-order chi connectivity index (χ1) is 8.56. The van der Waals surface area contributed by atoms with Crippen LogP contribution in [0.15, 0.2) is 22.7 Å². The van der Waals surface area contributed by atoms with Crippen molar-refractivity contribution in [3.8, 4) is 0 Å². The molecule has 0 radical (unpaired) electrons. The van der Waals surface area contributed by atoms with Crippen LogP contribution >= 0.6 is 15.9 Å². The van der Waals surface area contributed by atoms with Crippen molar-refractivity contribution >= 4 is 21.8 Å². The lowest BCUT2D eigenvalue weighted by Crippen LogP contribution is -2.51. The van der Waals surface area contributed by atoms with Crippen LogP contribution in [0.4, 0.5) is 4.39 Å². The number of hydrogen-bond donors (Lipinski definition) is 1. The van der Waals surface area contributed by atoms with Gasteiger partial charge in [0.2, 0.25) is 5.91 Å². The summed E-state index contributed by atoms with van der Waals surface area (Å²) < 4.78 is 13.5. The average molecular weight is 315 g/mol. The minimum absolute atomic E-state index is 0.0989. The topological polar surface area (TPSA) is 32.3 Å². The van der Waals surface area contributed by atoms with Gasteiger partial charge in [0.15, 0.2) is 0 Å². The van der Waals surface area contributed by atoms with E-state index in [-0.39, 0.29) is 11.7 Å². The van der Waals surface area contributed by atoms with Crippen LogP contribution in [0.2, 0.25) is 0 Å². The highest BCUT2D eigenvalue weighted by molar-refractivity contribution is 9.10. The number of carbonyl (C=O) groups is 1. The Hall–Kier alpha value is -0.940. The Balaban J connectivity index is 2.00. The number of halogens is 2. The maximum atomic E-state index is 13.1. The van der Waals surface area contributed by atoms with Crippen molar-refractivity contribution in [2.75, 3.05) is 19.6 Å². The van der Waals surface area contributed by atoms with Crippen LogP contribution in [-0.2, 0) is 11.2 Å². The Morgan fingerprint density at radius 3 is 3.06 bits per heavy atom. The molecule has 18 heavy (non-hydrogen) atoms. The van der Waals surface area contributed by atoms with Crippen molar-refractivity contribution < 1.29 is 9.18 Å². The highest BCUT2D eigenvalue weighted by Gasteiger charge is 2.20. The standard InChI is InChI=1S/C13H16BrFN2O/c1-9-8-17(5-4-16-9)13(18)7-10-2-3-12(15)11(14)6-10/h2-3,6,9,16H,4-5,7-8H2,1H3/t9-/m0/s1. The number of amides is 1. The maximum absolute atomic E-state index is 13.1. The molecule has 0 aliphatic carbocycles. The lowest BCUT2D eigenvalue weighted by molar-refractivity contribution is -0.131. The van der Waals surface area contributed by atoms with Gasteiger partial charge < -0.3 is 10.2 Å². The van der Waals surface area contributed by atoms with Crippen LogP contribution in [0.1, 0.15) is 12.5 Å². The van der Waals surface area contributed by atoms with Crippen LogP contribution in [-0.4, -0.2) is 36.5 Å². The van der Waals surface area contributed by atoms with E-state index in [1.165, 1.54) is 6.07 Å². The number of hydrogen-bond acceptors (Lipinski definition) is 2.